The molecule has 0 amide bonds. The molecule has 0 radical (unpaired) electrons. The average Bonchev–Trinajstić information content (AvgIpc) is 2.90. The lowest BCUT2D eigenvalue weighted by Crippen LogP contribution is -2.01. The lowest BCUT2D eigenvalue weighted by atomic mass is 10.0. The molecule has 3 N–H and O–H groups in total. The molecule has 0 aliphatic heterocycles. The highest BCUT2D eigenvalue weighted by Gasteiger charge is 1.99. The SMILES string of the molecule is C#C[C@H](O)/C=C/CCCCCCCCC/C=C\CCCCCCCCCCCCC(O)C#CC#CCO. The van der Waals surface area contributed by atoms with E-state index in [0.29, 0.717) is 6.42 Å². The van der Waals surface area contributed by atoms with Gasteiger partial charge in [0, 0.05) is 0 Å². The fourth-order valence-electron chi connectivity index (χ4n) is 4.21. The molecule has 3 heteroatoms. The fraction of sp³-hybridized carbons (Fsp3) is 0.706. The van der Waals surface area contributed by atoms with E-state index in [4.69, 9.17) is 11.5 Å². The normalized spacial score (nSPS) is 12.6. The standard InChI is InChI=1S/C34H54O3/c1-2-33(36)29-25-22-20-18-16-14-12-10-8-6-4-3-5-7-9-11-13-15-17-19-21-23-26-30-34(37)31-27-24-28-32-35/h1,3-4,25,29,33-37H,5-23,26,30,32H2/b4-3-,29-25+/t33-,34?/m0/s1. The summed E-state index contributed by atoms with van der Waals surface area (Å²) in [6.45, 7) is -0.187. The van der Waals surface area contributed by atoms with Crippen molar-refractivity contribution in [2.45, 2.75) is 147 Å². The van der Waals surface area contributed by atoms with Crippen LogP contribution in [0.4, 0.5) is 0 Å². The Hall–Kier alpha value is -1.96. The van der Waals surface area contributed by atoms with Crippen molar-refractivity contribution in [2.75, 3.05) is 6.61 Å². The van der Waals surface area contributed by atoms with Gasteiger partial charge in [-0.15, -0.1) is 6.42 Å². The van der Waals surface area contributed by atoms with Crippen LogP contribution in [0, 0.1) is 36.0 Å². The Kier molecular flexibility index (Phi) is 28.7. The van der Waals surface area contributed by atoms with Crippen LogP contribution in [0.5, 0.6) is 0 Å². The number of allylic oxidation sites excluding steroid dienone is 3. The number of aliphatic hydroxyl groups is 3. The first-order valence-electron chi connectivity index (χ1n) is 14.9. The molecule has 0 aromatic carbocycles. The minimum atomic E-state index is -0.724. The van der Waals surface area contributed by atoms with Crippen LogP contribution in [0.25, 0.3) is 0 Å². The minimum absolute atomic E-state index is 0.187. The van der Waals surface area contributed by atoms with Gasteiger partial charge >= 0.3 is 0 Å². The first-order valence-corrected chi connectivity index (χ1v) is 14.9. The third-order valence-corrected chi connectivity index (χ3v) is 6.46. The summed E-state index contributed by atoms with van der Waals surface area (Å²) < 4.78 is 0. The lowest BCUT2D eigenvalue weighted by molar-refractivity contribution is 0.217. The van der Waals surface area contributed by atoms with E-state index in [2.05, 4.69) is 41.8 Å². The zero-order valence-corrected chi connectivity index (χ0v) is 23.4. The Morgan fingerprint density at radius 2 is 1.00 bits per heavy atom. The maximum absolute atomic E-state index is 9.72. The first-order chi connectivity index (χ1) is 18.2. The molecule has 0 rings (SSSR count). The van der Waals surface area contributed by atoms with Gasteiger partial charge in [-0.25, -0.2) is 0 Å². The van der Waals surface area contributed by atoms with E-state index >= 15 is 0 Å². The Morgan fingerprint density at radius 3 is 1.46 bits per heavy atom. The maximum Gasteiger partial charge on any atom is 0.133 e. The van der Waals surface area contributed by atoms with E-state index in [0.717, 1.165) is 19.3 Å². The van der Waals surface area contributed by atoms with Gasteiger partial charge in [0.1, 0.15) is 18.8 Å². The maximum atomic E-state index is 9.72. The van der Waals surface area contributed by atoms with Gasteiger partial charge in [0.05, 0.1) is 0 Å². The Morgan fingerprint density at radius 1 is 0.568 bits per heavy atom. The molecule has 0 aliphatic rings. The third-order valence-electron chi connectivity index (χ3n) is 6.46. The summed E-state index contributed by atoms with van der Waals surface area (Å²) in [5.41, 5.74) is 0. The quantitative estimate of drug-likeness (QED) is 0.0710. The highest BCUT2D eigenvalue weighted by molar-refractivity contribution is 5.27. The number of hydrogen-bond donors (Lipinski definition) is 3. The molecule has 208 valence electrons. The molecule has 0 bridgehead atoms. The van der Waals surface area contributed by atoms with Crippen LogP contribution in [0.1, 0.15) is 135 Å². The van der Waals surface area contributed by atoms with Crippen molar-refractivity contribution in [1.29, 1.82) is 0 Å². The van der Waals surface area contributed by atoms with Gasteiger partial charge < -0.3 is 15.3 Å². The Labute approximate surface area is 229 Å². The third kappa shape index (κ3) is 30.2. The smallest absolute Gasteiger partial charge is 0.133 e. The van der Waals surface area contributed by atoms with Gasteiger partial charge in [-0.3, -0.25) is 0 Å². The van der Waals surface area contributed by atoms with E-state index in [1.807, 2.05) is 6.08 Å². The minimum Gasteiger partial charge on any atom is -0.384 e. The summed E-state index contributed by atoms with van der Waals surface area (Å²) in [5.74, 6) is 12.5. The Balaban J connectivity index is 3.25. The molecule has 0 saturated heterocycles. The van der Waals surface area contributed by atoms with E-state index < -0.39 is 12.2 Å². The monoisotopic (exact) mass is 510 g/mol. The van der Waals surface area contributed by atoms with Crippen LogP contribution in [-0.4, -0.2) is 34.1 Å². The van der Waals surface area contributed by atoms with Crippen molar-refractivity contribution in [1.82, 2.24) is 0 Å². The number of terminal acetylenes is 1. The van der Waals surface area contributed by atoms with Crippen LogP contribution in [0.15, 0.2) is 24.3 Å². The van der Waals surface area contributed by atoms with Gasteiger partial charge in [0.2, 0.25) is 0 Å². The van der Waals surface area contributed by atoms with Crippen molar-refractivity contribution < 1.29 is 15.3 Å². The van der Waals surface area contributed by atoms with Gasteiger partial charge in [-0.2, -0.15) is 0 Å². The van der Waals surface area contributed by atoms with Gasteiger partial charge in [0.25, 0.3) is 0 Å². The lowest BCUT2D eigenvalue weighted by Gasteiger charge is -2.04. The molecule has 1 unspecified atom stereocenters. The topological polar surface area (TPSA) is 60.7 Å². The molecule has 0 fully saturated rings. The molecule has 0 aromatic rings. The number of aliphatic hydroxyl groups excluding tert-OH is 3. The largest absolute Gasteiger partial charge is 0.384 e. The van der Waals surface area contributed by atoms with Crippen molar-refractivity contribution in [3.8, 4) is 36.0 Å². The number of unbranched alkanes of at least 4 members (excludes halogenated alkanes) is 18. The summed E-state index contributed by atoms with van der Waals surface area (Å²) in [5, 5.41) is 27.5. The zero-order valence-electron chi connectivity index (χ0n) is 23.4. The molecule has 3 nitrogen and oxygen atoms in total. The fourth-order valence-corrected chi connectivity index (χ4v) is 4.21. The highest BCUT2D eigenvalue weighted by atomic mass is 16.3. The van der Waals surface area contributed by atoms with Crippen LogP contribution in [0.2, 0.25) is 0 Å². The van der Waals surface area contributed by atoms with E-state index in [1.54, 1.807) is 6.08 Å². The van der Waals surface area contributed by atoms with Crippen molar-refractivity contribution in [3.63, 3.8) is 0 Å². The molecule has 0 heterocycles. The second-order valence-electron chi connectivity index (χ2n) is 9.92. The summed E-state index contributed by atoms with van der Waals surface area (Å²) in [6.07, 6.45) is 38.4. The summed E-state index contributed by atoms with van der Waals surface area (Å²) in [4.78, 5) is 0. The van der Waals surface area contributed by atoms with Crippen LogP contribution < -0.4 is 0 Å². The van der Waals surface area contributed by atoms with Crippen molar-refractivity contribution in [3.05, 3.63) is 24.3 Å². The molecule has 37 heavy (non-hydrogen) atoms. The number of rotatable bonds is 24. The molecule has 0 spiro atoms. The molecule has 0 saturated carbocycles. The molecular weight excluding hydrogens is 456 g/mol. The molecule has 2 atom stereocenters. The van der Waals surface area contributed by atoms with E-state index in [-0.39, 0.29) is 6.61 Å². The molecule has 0 aliphatic carbocycles. The van der Waals surface area contributed by atoms with E-state index in [1.165, 1.54) is 109 Å². The van der Waals surface area contributed by atoms with Crippen molar-refractivity contribution >= 4 is 0 Å². The zero-order chi connectivity index (χ0) is 27.1. The van der Waals surface area contributed by atoms with Gasteiger partial charge in [-0.05, 0) is 69.3 Å². The van der Waals surface area contributed by atoms with Gasteiger partial charge in [-0.1, -0.05) is 119 Å². The van der Waals surface area contributed by atoms with Gasteiger partial charge in [0.15, 0.2) is 0 Å². The summed E-state index contributed by atoms with van der Waals surface area (Å²) in [6, 6.07) is 0. The highest BCUT2D eigenvalue weighted by Crippen LogP contribution is 2.13. The summed E-state index contributed by atoms with van der Waals surface area (Å²) >= 11 is 0. The van der Waals surface area contributed by atoms with Crippen LogP contribution in [0.3, 0.4) is 0 Å². The number of hydrogen-bond acceptors (Lipinski definition) is 3. The summed E-state index contributed by atoms with van der Waals surface area (Å²) in [7, 11) is 0. The predicted molar refractivity (Wildman–Crippen MR) is 159 cm³/mol. The van der Waals surface area contributed by atoms with Crippen LogP contribution >= 0.6 is 0 Å². The molecular formula is C34H54O3. The molecule has 0 aromatic heterocycles. The Bertz CT molecular complexity index is 707. The second kappa shape index (κ2) is 30.3. The first kappa shape index (κ1) is 35.0. The average molecular weight is 511 g/mol. The van der Waals surface area contributed by atoms with Crippen LogP contribution in [-0.2, 0) is 0 Å². The second-order valence-corrected chi connectivity index (χ2v) is 9.92. The van der Waals surface area contributed by atoms with E-state index in [9.17, 15) is 10.2 Å². The predicted octanol–water partition coefficient (Wildman–Crippen LogP) is 7.65. The van der Waals surface area contributed by atoms with Crippen molar-refractivity contribution in [2.24, 2.45) is 0 Å².